The summed E-state index contributed by atoms with van der Waals surface area (Å²) in [6, 6.07) is 80.6. The van der Waals surface area contributed by atoms with Crippen LogP contribution in [0.25, 0.3) is 133 Å². The van der Waals surface area contributed by atoms with Crippen molar-refractivity contribution in [2.75, 3.05) is 0 Å². The molecule has 0 unspecified atom stereocenters. The fourth-order valence-electron chi connectivity index (χ4n) is 9.71. The Bertz CT molecular complexity index is 5770. The molecule has 0 saturated heterocycles. The molecule has 16 aromatic heterocycles. The summed E-state index contributed by atoms with van der Waals surface area (Å²) in [5.74, 6) is 0. The van der Waals surface area contributed by atoms with Crippen molar-refractivity contribution in [2.45, 2.75) is 34.6 Å². The number of pyridine rings is 12. The van der Waals surface area contributed by atoms with Crippen molar-refractivity contribution in [3.05, 3.63) is 307 Å². The minimum absolute atomic E-state index is 0. The molecule has 0 spiro atoms. The summed E-state index contributed by atoms with van der Waals surface area (Å²) < 4.78 is 241. The molecular weight excluding hydrogens is 2500 g/mol. The van der Waals surface area contributed by atoms with Crippen molar-refractivity contribution in [3.8, 4) is 163 Å². The van der Waals surface area contributed by atoms with Crippen molar-refractivity contribution < 1.29 is 140 Å². The summed E-state index contributed by atoms with van der Waals surface area (Å²) in [6.45, 7) is 7.15. The molecule has 748 valence electrons. The van der Waals surface area contributed by atoms with Gasteiger partial charge in [0.05, 0.1) is 121 Å². The predicted octanol–water partition coefficient (Wildman–Crippen LogP) is 39.0. The van der Waals surface area contributed by atoms with Gasteiger partial charge in [0.15, 0.2) is 0 Å². The Hall–Kier alpha value is -10.7. The van der Waals surface area contributed by atoms with E-state index in [-0.39, 0.29) is 39.0 Å². The van der Waals surface area contributed by atoms with Gasteiger partial charge in [0, 0.05) is 143 Å². The number of thiophene rings is 4. The SMILES string of the molecule is Brc1csc(-c2cc(-c3ccccn3)nc(-c3ccccn3)c2)c1.Brc1csc(-c2cc(-c3ccccn3)nc(-c3ccccn3)c2)c1.Brc1csc(-c2cc(-c3ccccn3)nc(-c3ccccn3)c2)c1.Brc1csc(-c2cc(-c3ccccn3)nc(-c3ccccn3)c2)c1.CC#N.CC#N.CC#N.CC#N.CC#N.F[P-](F)(F)(F)(F)F.F[P-](F)(F)(F)(F)F.F[P-](F)(F)(F)(F)F.F[P-](F)(F)(F)(F)F.[Ru+2].[Ru+2]. The van der Waals surface area contributed by atoms with Gasteiger partial charge in [-0.05, 0) is 256 Å². The number of rotatable bonds is 12. The van der Waals surface area contributed by atoms with Gasteiger partial charge in [-0.1, -0.05) is 48.5 Å². The number of hydrogen-bond donors (Lipinski definition) is 0. The van der Waals surface area contributed by atoms with E-state index in [1.54, 1.807) is 125 Å². The molecule has 0 aliphatic rings. The average Bonchev–Trinajstić information content (AvgIpc) is 1.62. The van der Waals surface area contributed by atoms with Crippen LogP contribution in [0.2, 0.25) is 0 Å². The van der Waals surface area contributed by atoms with Gasteiger partial charge in [0.1, 0.15) is 0 Å². The molecule has 141 heavy (non-hydrogen) atoms. The number of aromatic nitrogens is 12. The Morgan fingerprint density at radius 1 is 0.206 bits per heavy atom. The van der Waals surface area contributed by atoms with Gasteiger partial charge < -0.3 is 0 Å². The van der Waals surface area contributed by atoms with Crippen LogP contribution in [0.15, 0.2) is 307 Å². The second kappa shape index (κ2) is 52.0. The predicted molar refractivity (Wildman–Crippen MR) is 518 cm³/mol. The molecule has 0 amide bonds. The normalized spacial score (nSPS) is 12.2. The minimum Gasteiger partial charge on any atom is 2.00 e. The summed E-state index contributed by atoms with van der Waals surface area (Å²) in [4.78, 5) is 59.3. The van der Waals surface area contributed by atoms with Crippen LogP contribution in [0.4, 0.5) is 101 Å². The third kappa shape index (κ3) is 61.0. The summed E-state index contributed by atoms with van der Waals surface area (Å²) in [6.07, 6.45) is 14.3. The maximum Gasteiger partial charge on any atom is 2.00 e. The van der Waals surface area contributed by atoms with Gasteiger partial charge in [0.25, 0.3) is 0 Å². The largest absolute Gasteiger partial charge is 2.00 e. The smallest absolute Gasteiger partial charge is 2.00 e. The van der Waals surface area contributed by atoms with E-state index in [4.69, 9.17) is 46.2 Å². The van der Waals surface area contributed by atoms with Gasteiger partial charge in [-0.25, -0.2) is 19.9 Å². The van der Waals surface area contributed by atoms with Crippen LogP contribution in [-0.4, -0.2) is 59.8 Å². The second-order valence-corrected chi connectivity index (χ2v) is 40.7. The quantitative estimate of drug-likeness (QED) is 0.0624. The number of halogens is 28. The van der Waals surface area contributed by atoms with Crippen LogP contribution in [-0.2, 0) is 39.0 Å². The molecule has 0 aromatic carbocycles. The Labute approximate surface area is 863 Å². The summed E-state index contributed by atoms with van der Waals surface area (Å²) in [5.41, 5.74) is 18.0. The summed E-state index contributed by atoms with van der Waals surface area (Å²) in [5, 5.41) is 44.9. The van der Waals surface area contributed by atoms with Crippen molar-refractivity contribution in [3.63, 3.8) is 0 Å². The van der Waals surface area contributed by atoms with E-state index in [0.29, 0.717) is 0 Å². The number of hydrogen-bond acceptors (Lipinski definition) is 21. The topological polar surface area (TPSA) is 274 Å². The minimum atomic E-state index is -10.7. The molecule has 16 rings (SSSR count). The van der Waals surface area contributed by atoms with Crippen LogP contribution in [0.3, 0.4) is 0 Å². The summed E-state index contributed by atoms with van der Waals surface area (Å²) >= 11 is 20.9. The van der Waals surface area contributed by atoms with Crippen LogP contribution >= 0.6 is 140 Å². The van der Waals surface area contributed by atoms with Gasteiger partial charge in [-0.2, -0.15) is 26.3 Å². The molecule has 0 bridgehead atoms. The first-order chi connectivity index (χ1) is 64.0. The molecule has 0 fully saturated rings. The maximum absolute atomic E-state index is 10.7. The molecular formula is C86H63Br4F24N17P4Ru2S4. The van der Waals surface area contributed by atoms with Gasteiger partial charge in [0.2, 0.25) is 0 Å². The number of nitriles is 5. The van der Waals surface area contributed by atoms with E-state index in [2.05, 4.69) is 198 Å². The van der Waals surface area contributed by atoms with Crippen molar-refractivity contribution >= 4 is 140 Å². The fraction of sp³-hybridized carbons (Fsp3) is 0.0581. The average molecular weight is 2560 g/mol. The van der Waals surface area contributed by atoms with Crippen molar-refractivity contribution in [2.24, 2.45) is 0 Å². The second-order valence-electron chi connectivity index (χ2n) is 25.7. The molecule has 16 aromatic rings. The first-order valence-corrected chi connectivity index (χ1v) is 52.0. The zero-order valence-corrected chi connectivity index (χ0v) is 88.2. The van der Waals surface area contributed by atoms with Gasteiger partial charge in [-0.15, -0.1) is 45.3 Å². The third-order valence-electron chi connectivity index (χ3n) is 14.1. The Balaban J connectivity index is 0.000000556. The molecule has 0 aliphatic heterocycles. The number of nitrogens with zero attached hydrogens (tertiary/aromatic N) is 17. The fourth-order valence-corrected chi connectivity index (χ4v) is 15.4. The molecule has 0 atom stereocenters. The molecule has 0 radical (unpaired) electrons. The molecule has 17 nitrogen and oxygen atoms in total. The van der Waals surface area contributed by atoms with E-state index in [1.165, 1.54) is 54.1 Å². The van der Waals surface area contributed by atoms with Gasteiger partial charge in [-0.3, -0.25) is 39.9 Å². The van der Waals surface area contributed by atoms with Crippen molar-refractivity contribution in [1.82, 2.24) is 59.8 Å². The van der Waals surface area contributed by atoms with Crippen LogP contribution < -0.4 is 0 Å². The van der Waals surface area contributed by atoms with Gasteiger partial charge >= 0.3 is 171 Å². The summed E-state index contributed by atoms with van der Waals surface area (Å²) in [7, 11) is -42.6. The zero-order chi connectivity index (χ0) is 105. The van der Waals surface area contributed by atoms with E-state index in [0.717, 1.165) is 131 Å². The Morgan fingerprint density at radius 3 is 0.390 bits per heavy atom. The maximum atomic E-state index is 9.87. The first kappa shape index (κ1) is 126. The van der Waals surface area contributed by atoms with Crippen LogP contribution in [0.1, 0.15) is 34.6 Å². The van der Waals surface area contributed by atoms with E-state index >= 15 is 0 Å². The molecule has 0 saturated carbocycles. The standard InChI is InChI=1S/4C19H12BrN3S.5C2H3N.4F6P.2Ru/c4*20-14-11-19(24-12-14)13-9-17(15-5-1-3-7-21-15)23-18(10-13)16-6-2-4-8-22-16;5*1-2-3;4*1-7(2,3,4,5)6;;/h4*1-12H;5*1H3;;;;;;/q;;;;;;;;;4*-1;2*+2. The first-order valence-electron chi connectivity index (χ1n) is 37.2. The zero-order valence-electron chi connectivity index (χ0n) is 71.5. The van der Waals surface area contributed by atoms with Crippen molar-refractivity contribution in [1.29, 1.82) is 26.3 Å². The molecule has 55 heteroatoms. The monoisotopic (exact) mass is 2560 g/mol. The Morgan fingerprint density at radius 2 is 0.312 bits per heavy atom. The van der Waals surface area contributed by atoms with Crippen LogP contribution in [0, 0.1) is 56.7 Å². The van der Waals surface area contributed by atoms with E-state index in [1.807, 2.05) is 146 Å². The molecule has 0 aliphatic carbocycles. The van der Waals surface area contributed by atoms with E-state index < -0.39 is 31.2 Å². The Kier molecular flexibility index (Phi) is 46.6. The molecule has 16 heterocycles. The third-order valence-corrected chi connectivity index (χ3v) is 21.1. The molecule has 0 N–H and O–H groups in total. The van der Waals surface area contributed by atoms with E-state index in [9.17, 15) is 101 Å². The van der Waals surface area contributed by atoms with Crippen LogP contribution in [0.5, 0.6) is 0 Å².